The quantitative estimate of drug-likeness (QED) is 0.934. The number of likely N-dealkylation sites (tertiary alicyclic amines) is 1. The monoisotopic (exact) mass is 330 g/mol. The number of carboxylic acids is 1. The molecule has 1 aromatic carbocycles. The molecule has 2 fully saturated rings. The normalized spacial score (nSPS) is 27.4. The second kappa shape index (κ2) is 5.46. The highest BCUT2D eigenvalue weighted by Crippen LogP contribution is 2.49. The number of halogens is 1. The van der Waals surface area contributed by atoms with E-state index in [2.05, 4.69) is 9.88 Å². The predicted octanol–water partition coefficient (Wildman–Crippen LogP) is 3.57. The Labute approximate surface area is 140 Å². The maximum Gasteiger partial charge on any atom is 0.311 e. The number of carbonyl (C=O) groups is 1. The summed E-state index contributed by atoms with van der Waals surface area (Å²) in [5.74, 6) is -0.369. The van der Waals surface area contributed by atoms with Gasteiger partial charge in [0.2, 0.25) is 0 Å². The number of benzene rings is 1. The highest BCUT2D eigenvalue weighted by atomic mass is 35.5. The van der Waals surface area contributed by atoms with Crippen molar-refractivity contribution in [3.05, 3.63) is 41.0 Å². The molecule has 4 nitrogen and oxygen atoms in total. The molecule has 0 bridgehead atoms. The molecule has 1 aliphatic heterocycles. The molecule has 120 valence electrons. The van der Waals surface area contributed by atoms with Crippen LogP contribution in [0, 0.1) is 11.3 Å². The molecule has 1 aromatic heterocycles. The van der Waals surface area contributed by atoms with E-state index in [1.165, 1.54) is 0 Å². The van der Waals surface area contributed by atoms with Crippen LogP contribution in [0.2, 0.25) is 5.02 Å². The van der Waals surface area contributed by atoms with E-state index in [1.807, 2.05) is 24.3 Å². The van der Waals surface area contributed by atoms with E-state index in [-0.39, 0.29) is 5.92 Å². The average Bonchev–Trinajstić information content (AvgIpc) is 3.08. The van der Waals surface area contributed by atoms with Crippen LogP contribution in [0.1, 0.15) is 24.8 Å². The molecule has 1 aliphatic carbocycles. The molecule has 5 heteroatoms. The summed E-state index contributed by atoms with van der Waals surface area (Å²) >= 11 is 6.42. The standard InChI is InChI=1S/C18H19ClN2O2/c19-15-6-5-12-3-2-8-20-16(12)14(15)10-21-9-13-4-1-7-18(13,11-21)17(22)23/h2-3,5-6,8,13H,1,4,7,9-11H2,(H,22,23)/t13-,18+/m0/s1. The van der Waals surface area contributed by atoms with Gasteiger partial charge in [0.15, 0.2) is 0 Å². The summed E-state index contributed by atoms with van der Waals surface area (Å²) in [4.78, 5) is 18.5. The van der Waals surface area contributed by atoms with Crippen LogP contribution in [0.25, 0.3) is 10.9 Å². The topological polar surface area (TPSA) is 53.4 Å². The van der Waals surface area contributed by atoms with Crippen molar-refractivity contribution in [3.8, 4) is 0 Å². The van der Waals surface area contributed by atoms with Gasteiger partial charge in [0, 0.05) is 41.8 Å². The van der Waals surface area contributed by atoms with Crippen molar-refractivity contribution in [1.82, 2.24) is 9.88 Å². The number of hydrogen-bond acceptors (Lipinski definition) is 3. The Balaban J connectivity index is 1.65. The first-order chi connectivity index (χ1) is 11.1. The number of fused-ring (bicyclic) bond motifs is 2. The Morgan fingerprint density at radius 1 is 1.43 bits per heavy atom. The fraction of sp³-hybridized carbons (Fsp3) is 0.444. The number of aromatic nitrogens is 1. The van der Waals surface area contributed by atoms with Crippen molar-refractivity contribution in [2.75, 3.05) is 13.1 Å². The second-order valence-corrected chi connectivity index (χ2v) is 7.23. The number of nitrogens with zero attached hydrogens (tertiary/aromatic N) is 2. The van der Waals surface area contributed by atoms with Gasteiger partial charge in [0.25, 0.3) is 0 Å². The Hall–Kier alpha value is -1.65. The minimum atomic E-state index is -0.635. The van der Waals surface area contributed by atoms with Gasteiger partial charge < -0.3 is 5.11 Å². The second-order valence-electron chi connectivity index (χ2n) is 6.82. The molecule has 0 radical (unpaired) electrons. The molecular formula is C18H19ClN2O2. The molecule has 2 heterocycles. The van der Waals surface area contributed by atoms with E-state index in [0.717, 1.165) is 42.3 Å². The van der Waals surface area contributed by atoms with Crippen molar-refractivity contribution >= 4 is 28.5 Å². The zero-order valence-electron chi connectivity index (χ0n) is 12.8. The van der Waals surface area contributed by atoms with Gasteiger partial charge in [-0.05, 0) is 30.9 Å². The number of pyridine rings is 1. The molecule has 0 unspecified atom stereocenters. The third-order valence-electron chi connectivity index (χ3n) is 5.57. The Morgan fingerprint density at radius 3 is 3.09 bits per heavy atom. The third kappa shape index (κ3) is 2.32. The summed E-state index contributed by atoms with van der Waals surface area (Å²) < 4.78 is 0. The summed E-state index contributed by atoms with van der Waals surface area (Å²) in [6.07, 6.45) is 4.62. The summed E-state index contributed by atoms with van der Waals surface area (Å²) in [6.45, 7) is 2.12. The first-order valence-corrected chi connectivity index (χ1v) is 8.46. The number of rotatable bonds is 3. The van der Waals surface area contributed by atoms with Gasteiger partial charge in [-0.1, -0.05) is 30.2 Å². The maximum atomic E-state index is 11.8. The van der Waals surface area contributed by atoms with Crippen molar-refractivity contribution < 1.29 is 9.90 Å². The minimum Gasteiger partial charge on any atom is -0.481 e. The van der Waals surface area contributed by atoms with Gasteiger partial charge in [-0.3, -0.25) is 14.7 Å². The fourth-order valence-corrected chi connectivity index (χ4v) is 4.63. The maximum absolute atomic E-state index is 11.8. The molecule has 0 amide bonds. The molecular weight excluding hydrogens is 312 g/mol. The Kier molecular flexibility index (Phi) is 3.54. The number of hydrogen-bond donors (Lipinski definition) is 1. The van der Waals surface area contributed by atoms with E-state index in [9.17, 15) is 9.90 Å². The van der Waals surface area contributed by atoms with Crippen LogP contribution in [0.3, 0.4) is 0 Å². The molecule has 1 saturated carbocycles. The molecule has 1 saturated heterocycles. The first-order valence-electron chi connectivity index (χ1n) is 8.08. The van der Waals surface area contributed by atoms with Crippen molar-refractivity contribution in [2.24, 2.45) is 11.3 Å². The lowest BCUT2D eigenvalue weighted by molar-refractivity contribution is -0.149. The van der Waals surface area contributed by atoms with E-state index in [4.69, 9.17) is 11.6 Å². The third-order valence-corrected chi connectivity index (χ3v) is 5.93. The van der Waals surface area contributed by atoms with Crippen LogP contribution in [0.4, 0.5) is 0 Å². The van der Waals surface area contributed by atoms with Crippen LogP contribution in [0.5, 0.6) is 0 Å². The van der Waals surface area contributed by atoms with Crippen LogP contribution in [-0.4, -0.2) is 34.0 Å². The van der Waals surface area contributed by atoms with Crippen molar-refractivity contribution in [2.45, 2.75) is 25.8 Å². The van der Waals surface area contributed by atoms with Gasteiger partial charge in [0.05, 0.1) is 10.9 Å². The molecule has 2 aliphatic rings. The van der Waals surface area contributed by atoms with Gasteiger partial charge in [0.1, 0.15) is 0 Å². The number of aliphatic carboxylic acids is 1. The SMILES string of the molecule is O=C(O)[C@@]12CCC[C@H]1CN(Cc1c(Cl)ccc3cccnc13)C2. The van der Waals surface area contributed by atoms with Gasteiger partial charge in [-0.25, -0.2) is 0 Å². The highest BCUT2D eigenvalue weighted by molar-refractivity contribution is 6.32. The van der Waals surface area contributed by atoms with Gasteiger partial charge in [-0.2, -0.15) is 0 Å². The van der Waals surface area contributed by atoms with Crippen LogP contribution < -0.4 is 0 Å². The largest absolute Gasteiger partial charge is 0.481 e. The Morgan fingerprint density at radius 2 is 2.30 bits per heavy atom. The van der Waals surface area contributed by atoms with E-state index < -0.39 is 11.4 Å². The van der Waals surface area contributed by atoms with Crippen LogP contribution in [0.15, 0.2) is 30.5 Å². The molecule has 0 spiro atoms. The number of carboxylic acid groups (broad SMARTS) is 1. The predicted molar refractivity (Wildman–Crippen MR) is 89.4 cm³/mol. The van der Waals surface area contributed by atoms with Crippen LogP contribution >= 0.6 is 11.6 Å². The Bertz CT molecular complexity index is 779. The molecule has 23 heavy (non-hydrogen) atoms. The lowest BCUT2D eigenvalue weighted by atomic mass is 9.81. The summed E-state index contributed by atoms with van der Waals surface area (Å²) in [5.41, 5.74) is 1.37. The highest BCUT2D eigenvalue weighted by Gasteiger charge is 2.54. The zero-order valence-corrected chi connectivity index (χ0v) is 13.6. The summed E-state index contributed by atoms with van der Waals surface area (Å²) in [7, 11) is 0. The van der Waals surface area contributed by atoms with Gasteiger partial charge >= 0.3 is 5.97 Å². The molecule has 2 atom stereocenters. The molecule has 4 rings (SSSR count). The van der Waals surface area contributed by atoms with E-state index >= 15 is 0 Å². The minimum absolute atomic E-state index is 0.265. The average molecular weight is 331 g/mol. The lowest BCUT2D eigenvalue weighted by Crippen LogP contribution is -2.35. The van der Waals surface area contributed by atoms with E-state index in [1.54, 1.807) is 6.20 Å². The zero-order chi connectivity index (χ0) is 16.0. The van der Waals surface area contributed by atoms with Crippen molar-refractivity contribution in [3.63, 3.8) is 0 Å². The molecule has 2 aromatic rings. The van der Waals surface area contributed by atoms with Crippen molar-refractivity contribution in [1.29, 1.82) is 0 Å². The smallest absolute Gasteiger partial charge is 0.311 e. The van der Waals surface area contributed by atoms with Crippen LogP contribution in [-0.2, 0) is 11.3 Å². The molecule has 1 N–H and O–H groups in total. The fourth-order valence-electron chi connectivity index (χ4n) is 4.42. The van der Waals surface area contributed by atoms with E-state index in [0.29, 0.717) is 18.1 Å². The summed E-state index contributed by atoms with van der Waals surface area (Å²) in [5, 5.41) is 11.5. The van der Waals surface area contributed by atoms with Gasteiger partial charge in [-0.15, -0.1) is 0 Å². The summed E-state index contributed by atoms with van der Waals surface area (Å²) in [6, 6.07) is 7.83. The first kappa shape index (κ1) is 14.9. The lowest BCUT2D eigenvalue weighted by Gasteiger charge is -2.23.